The van der Waals surface area contributed by atoms with Crippen molar-refractivity contribution >= 4 is 11.8 Å². The summed E-state index contributed by atoms with van der Waals surface area (Å²) in [7, 11) is 0. The highest BCUT2D eigenvalue weighted by Crippen LogP contribution is 2.23. The summed E-state index contributed by atoms with van der Waals surface area (Å²) in [4.78, 5) is 0. The number of hydrogen-bond donors (Lipinski definition) is 2. The standard InChI is InChI=1S/C15H25NO2S/c1-10(2)18-14-7-5-13(6-8-14)15(16)9-19-12(4)11(3)17/h5-8,10-12,15,17H,9,16H2,1-4H3. The molecule has 0 saturated carbocycles. The van der Waals surface area contributed by atoms with Crippen molar-refractivity contribution in [1.29, 1.82) is 0 Å². The molecule has 0 amide bonds. The highest BCUT2D eigenvalue weighted by atomic mass is 32.2. The van der Waals surface area contributed by atoms with E-state index in [1.807, 2.05) is 45.0 Å². The van der Waals surface area contributed by atoms with E-state index in [2.05, 4.69) is 0 Å². The summed E-state index contributed by atoms with van der Waals surface area (Å²) in [5.74, 6) is 1.67. The Morgan fingerprint density at radius 3 is 2.21 bits per heavy atom. The molecule has 0 bridgehead atoms. The van der Waals surface area contributed by atoms with E-state index in [4.69, 9.17) is 10.5 Å². The largest absolute Gasteiger partial charge is 0.491 e. The van der Waals surface area contributed by atoms with Crippen LogP contribution in [0.5, 0.6) is 5.75 Å². The molecule has 3 atom stereocenters. The van der Waals surface area contributed by atoms with E-state index in [1.54, 1.807) is 18.7 Å². The quantitative estimate of drug-likeness (QED) is 0.808. The highest BCUT2D eigenvalue weighted by molar-refractivity contribution is 7.99. The Labute approximate surface area is 120 Å². The molecule has 0 aliphatic rings. The van der Waals surface area contributed by atoms with Gasteiger partial charge in [-0.3, -0.25) is 0 Å². The molecular formula is C15H25NO2S. The van der Waals surface area contributed by atoms with Gasteiger partial charge in [0.1, 0.15) is 5.75 Å². The lowest BCUT2D eigenvalue weighted by atomic mass is 10.1. The Kier molecular flexibility index (Phi) is 6.69. The maximum atomic E-state index is 9.45. The molecule has 0 saturated heterocycles. The molecule has 3 nitrogen and oxygen atoms in total. The zero-order chi connectivity index (χ0) is 14.4. The molecular weight excluding hydrogens is 258 g/mol. The van der Waals surface area contributed by atoms with Crippen molar-refractivity contribution in [3.63, 3.8) is 0 Å². The molecule has 19 heavy (non-hydrogen) atoms. The maximum absolute atomic E-state index is 9.45. The second-order valence-corrected chi connectivity index (χ2v) is 6.53. The third-order valence-corrected chi connectivity index (χ3v) is 4.37. The fraction of sp³-hybridized carbons (Fsp3) is 0.600. The van der Waals surface area contributed by atoms with E-state index >= 15 is 0 Å². The summed E-state index contributed by atoms with van der Waals surface area (Å²) in [6.45, 7) is 7.84. The molecule has 1 rings (SSSR count). The molecule has 0 fully saturated rings. The number of rotatable bonds is 7. The number of nitrogens with two attached hydrogens (primary N) is 1. The van der Waals surface area contributed by atoms with Crippen molar-refractivity contribution in [1.82, 2.24) is 0 Å². The molecule has 0 spiro atoms. The van der Waals surface area contributed by atoms with Gasteiger partial charge in [-0.05, 0) is 38.5 Å². The van der Waals surface area contributed by atoms with Crippen LogP contribution in [0.15, 0.2) is 24.3 Å². The minimum atomic E-state index is -0.306. The number of benzene rings is 1. The van der Waals surface area contributed by atoms with Crippen LogP contribution in [0.1, 0.15) is 39.3 Å². The van der Waals surface area contributed by atoms with Crippen LogP contribution in [0.4, 0.5) is 0 Å². The third kappa shape index (κ3) is 5.85. The molecule has 0 radical (unpaired) electrons. The van der Waals surface area contributed by atoms with Gasteiger partial charge >= 0.3 is 0 Å². The van der Waals surface area contributed by atoms with E-state index < -0.39 is 0 Å². The molecule has 3 N–H and O–H groups in total. The zero-order valence-electron chi connectivity index (χ0n) is 12.2. The molecule has 1 aromatic rings. The van der Waals surface area contributed by atoms with Crippen molar-refractivity contribution in [2.45, 2.75) is 51.2 Å². The van der Waals surface area contributed by atoms with E-state index in [0.29, 0.717) is 0 Å². The number of hydrogen-bond acceptors (Lipinski definition) is 4. The molecule has 0 heterocycles. The first-order chi connectivity index (χ1) is 8.90. The van der Waals surface area contributed by atoms with Crippen LogP contribution in [-0.2, 0) is 0 Å². The lowest BCUT2D eigenvalue weighted by Gasteiger charge is -2.18. The van der Waals surface area contributed by atoms with E-state index in [9.17, 15) is 5.11 Å². The van der Waals surface area contributed by atoms with Gasteiger partial charge in [0.25, 0.3) is 0 Å². The van der Waals surface area contributed by atoms with Gasteiger partial charge in [-0.15, -0.1) is 0 Å². The minimum absolute atomic E-state index is 0.0145. The van der Waals surface area contributed by atoms with Crippen molar-refractivity contribution < 1.29 is 9.84 Å². The second-order valence-electron chi connectivity index (χ2n) is 5.12. The van der Waals surface area contributed by atoms with E-state index in [-0.39, 0.29) is 23.5 Å². The number of aliphatic hydroxyl groups is 1. The van der Waals surface area contributed by atoms with Crippen molar-refractivity contribution in [3.05, 3.63) is 29.8 Å². The fourth-order valence-electron chi connectivity index (χ4n) is 1.56. The van der Waals surface area contributed by atoms with Crippen LogP contribution in [-0.4, -0.2) is 28.3 Å². The smallest absolute Gasteiger partial charge is 0.119 e. The summed E-state index contributed by atoms with van der Waals surface area (Å²) >= 11 is 1.70. The fourth-order valence-corrected chi connectivity index (χ4v) is 2.54. The lowest BCUT2D eigenvalue weighted by molar-refractivity contribution is 0.196. The first-order valence-corrected chi connectivity index (χ1v) is 7.77. The Morgan fingerprint density at radius 2 is 1.74 bits per heavy atom. The Morgan fingerprint density at radius 1 is 1.16 bits per heavy atom. The normalized spacial score (nSPS) is 16.2. The van der Waals surface area contributed by atoms with Crippen LogP contribution in [0.3, 0.4) is 0 Å². The third-order valence-electron chi connectivity index (χ3n) is 2.90. The predicted molar refractivity (Wildman–Crippen MR) is 82.7 cm³/mol. The Balaban J connectivity index is 2.50. The van der Waals surface area contributed by atoms with Crippen LogP contribution < -0.4 is 10.5 Å². The summed E-state index contributed by atoms with van der Waals surface area (Å²) in [6, 6.07) is 7.92. The Bertz CT molecular complexity index is 365. The number of aliphatic hydroxyl groups excluding tert-OH is 1. The molecule has 3 unspecified atom stereocenters. The predicted octanol–water partition coefficient (Wildman–Crippen LogP) is 2.98. The van der Waals surface area contributed by atoms with Gasteiger partial charge in [-0.25, -0.2) is 0 Å². The molecule has 0 aliphatic carbocycles. The molecule has 0 aromatic heterocycles. The molecule has 0 aliphatic heterocycles. The SMILES string of the molecule is CC(C)Oc1ccc(C(N)CSC(C)C(C)O)cc1. The topological polar surface area (TPSA) is 55.5 Å². The van der Waals surface area contributed by atoms with Gasteiger partial charge in [0.05, 0.1) is 12.2 Å². The highest BCUT2D eigenvalue weighted by Gasteiger charge is 2.13. The summed E-state index contributed by atoms with van der Waals surface area (Å²) in [6.07, 6.45) is -0.124. The van der Waals surface area contributed by atoms with Gasteiger partial charge in [-0.1, -0.05) is 19.1 Å². The van der Waals surface area contributed by atoms with Gasteiger partial charge in [0.2, 0.25) is 0 Å². The van der Waals surface area contributed by atoms with Crippen LogP contribution in [0.2, 0.25) is 0 Å². The van der Waals surface area contributed by atoms with E-state index in [1.165, 1.54) is 0 Å². The first-order valence-electron chi connectivity index (χ1n) is 6.72. The average Bonchev–Trinajstić information content (AvgIpc) is 2.35. The van der Waals surface area contributed by atoms with Gasteiger partial charge < -0.3 is 15.6 Å². The van der Waals surface area contributed by atoms with Crippen LogP contribution in [0, 0.1) is 0 Å². The monoisotopic (exact) mass is 283 g/mol. The summed E-state index contributed by atoms with van der Waals surface area (Å²) in [5, 5.41) is 9.65. The zero-order valence-corrected chi connectivity index (χ0v) is 13.0. The van der Waals surface area contributed by atoms with Gasteiger partial charge in [0, 0.05) is 17.0 Å². The van der Waals surface area contributed by atoms with Crippen molar-refractivity contribution in [2.75, 3.05) is 5.75 Å². The van der Waals surface area contributed by atoms with Crippen LogP contribution in [0.25, 0.3) is 0 Å². The summed E-state index contributed by atoms with van der Waals surface area (Å²) in [5.41, 5.74) is 7.25. The average molecular weight is 283 g/mol. The van der Waals surface area contributed by atoms with E-state index in [0.717, 1.165) is 17.1 Å². The van der Waals surface area contributed by atoms with Crippen molar-refractivity contribution in [2.24, 2.45) is 5.73 Å². The second kappa shape index (κ2) is 7.78. The number of ether oxygens (including phenoxy) is 1. The minimum Gasteiger partial charge on any atom is -0.491 e. The molecule has 108 valence electrons. The maximum Gasteiger partial charge on any atom is 0.119 e. The van der Waals surface area contributed by atoms with Crippen LogP contribution >= 0.6 is 11.8 Å². The van der Waals surface area contributed by atoms with Gasteiger partial charge in [-0.2, -0.15) is 11.8 Å². The Hall–Kier alpha value is -0.710. The van der Waals surface area contributed by atoms with Crippen molar-refractivity contribution in [3.8, 4) is 5.75 Å². The molecule has 4 heteroatoms. The first kappa shape index (κ1) is 16.3. The molecule has 1 aromatic carbocycles. The lowest BCUT2D eigenvalue weighted by Crippen LogP contribution is -2.20. The number of thioether (sulfide) groups is 1. The summed E-state index contributed by atoms with van der Waals surface area (Å²) < 4.78 is 5.60. The van der Waals surface area contributed by atoms with Gasteiger partial charge in [0.15, 0.2) is 0 Å².